The van der Waals surface area contributed by atoms with Gasteiger partial charge in [-0.3, -0.25) is 9.89 Å². The predicted octanol–water partition coefficient (Wildman–Crippen LogP) is -0.685. The molecule has 0 aromatic carbocycles. The Hall–Kier alpha value is -1.94. The summed E-state index contributed by atoms with van der Waals surface area (Å²) in [6.45, 7) is 4.58. The maximum absolute atomic E-state index is 12.8. The lowest BCUT2D eigenvalue weighted by Crippen LogP contribution is -2.63. The molecule has 1 aliphatic heterocycles. The first kappa shape index (κ1) is 15.4. The fraction of sp³-hybridized carbons (Fsp3) is 0.545. The Morgan fingerprint density at radius 3 is 2.62 bits per heavy atom. The van der Waals surface area contributed by atoms with Crippen LogP contribution < -0.4 is 5.32 Å². The number of sulfonamides is 1. The first-order valence-corrected chi connectivity index (χ1v) is 7.63. The average molecular weight is 316 g/mol. The minimum Gasteiger partial charge on any atom is -0.476 e. The second-order valence-corrected chi connectivity index (χ2v) is 7.02. The number of carboxylic acid groups (broad SMARTS) is 1. The summed E-state index contributed by atoms with van der Waals surface area (Å²) in [6, 6.07) is 0. The van der Waals surface area contributed by atoms with Crippen LogP contribution in [0.3, 0.4) is 0 Å². The van der Waals surface area contributed by atoms with Gasteiger partial charge in [0.1, 0.15) is 10.4 Å². The molecule has 0 bridgehead atoms. The number of aromatic nitrogens is 2. The van der Waals surface area contributed by atoms with E-state index in [0.717, 1.165) is 4.31 Å². The highest BCUT2D eigenvalue weighted by Gasteiger charge is 2.47. The van der Waals surface area contributed by atoms with Crippen LogP contribution >= 0.6 is 0 Å². The molecule has 0 radical (unpaired) electrons. The summed E-state index contributed by atoms with van der Waals surface area (Å²) in [7, 11) is -4.17. The number of aromatic amines is 1. The number of aromatic carboxylic acids is 1. The third-order valence-electron chi connectivity index (χ3n) is 3.42. The first-order valence-electron chi connectivity index (χ1n) is 6.19. The van der Waals surface area contributed by atoms with Crippen molar-refractivity contribution in [2.24, 2.45) is 0 Å². The van der Waals surface area contributed by atoms with E-state index in [-0.39, 0.29) is 18.8 Å². The van der Waals surface area contributed by atoms with E-state index in [0.29, 0.717) is 0 Å². The number of amides is 1. The molecule has 0 unspecified atom stereocenters. The summed E-state index contributed by atoms with van der Waals surface area (Å²) < 4.78 is 26.6. The van der Waals surface area contributed by atoms with Crippen LogP contribution in [0.15, 0.2) is 4.90 Å². The SMILES string of the molecule is Cc1[nH]nc(C(=O)O)c1S(=O)(=O)N1CCNC(=O)C1(C)C. The number of hydrogen-bond donors (Lipinski definition) is 3. The van der Waals surface area contributed by atoms with E-state index in [2.05, 4.69) is 15.5 Å². The molecule has 1 aromatic heterocycles. The Balaban J connectivity index is 2.60. The number of rotatable bonds is 3. The summed E-state index contributed by atoms with van der Waals surface area (Å²) in [5.41, 5.74) is -1.76. The molecule has 0 atom stereocenters. The topological polar surface area (TPSA) is 132 Å². The van der Waals surface area contributed by atoms with Crippen LogP contribution in [0.2, 0.25) is 0 Å². The number of hydrogen-bond acceptors (Lipinski definition) is 5. The highest BCUT2D eigenvalue weighted by Crippen LogP contribution is 2.29. The molecule has 1 aliphatic rings. The second kappa shape index (κ2) is 4.81. The van der Waals surface area contributed by atoms with Gasteiger partial charge in [0.15, 0.2) is 5.69 Å². The highest BCUT2D eigenvalue weighted by atomic mass is 32.2. The summed E-state index contributed by atoms with van der Waals surface area (Å²) in [4.78, 5) is 22.6. The minimum absolute atomic E-state index is 0.0603. The van der Waals surface area contributed by atoms with Gasteiger partial charge in [0.25, 0.3) is 0 Å². The number of nitrogens with one attached hydrogen (secondary N) is 2. The number of aryl methyl sites for hydroxylation is 1. The fourth-order valence-corrected chi connectivity index (χ4v) is 4.34. The molecule has 0 saturated carbocycles. The molecule has 21 heavy (non-hydrogen) atoms. The summed E-state index contributed by atoms with van der Waals surface area (Å²) in [5, 5.41) is 17.5. The molecular weight excluding hydrogens is 300 g/mol. The van der Waals surface area contributed by atoms with E-state index in [1.165, 1.54) is 20.8 Å². The third kappa shape index (κ3) is 2.29. The Bertz CT molecular complexity index is 706. The lowest BCUT2D eigenvalue weighted by molar-refractivity contribution is -0.131. The van der Waals surface area contributed by atoms with Gasteiger partial charge in [0, 0.05) is 13.1 Å². The van der Waals surface area contributed by atoms with Crippen LogP contribution in [-0.2, 0) is 14.8 Å². The Labute approximate surface area is 121 Å². The van der Waals surface area contributed by atoms with E-state index in [4.69, 9.17) is 5.11 Å². The quantitative estimate of drug-likeness (QED) is 0.676. The summed E-state index contributed by atoms with van der Waals surface area (Å²) in [5.74, 6) is -1.88. The maximum Gasteiger partial charge on any atom is 0.357 e. The first-order chi connectivity index (χ1) is 9.60. The lowest BCUT2D eigenvalue weighted by atomic mass is 10.0. The number of H-pyrrole nitrogens is 1. The van der Waals surface area contributed by atoms with Gasteiger partial charge in [-0.05, 0) is 20.8 Å². The standard InChI is InChI=1S/C11H16N4O5S/c1-6-8(7(9(16)17)14-13-6)21(19,20)15-5-4-12-10(18)11(15,2)3/h4-5H2,1-3H3,(H,12,18)(H,13,14)(H,16,17). The number of carboxylic acids is 1. The second-order valence-electron chi connectivity index (χ2n) is 5.22. The average Bonchev–Trinajstić information content (AvgIpc) is 2.75. The molecular formula is C11H16N4O5S. The van der Waals surface area contributed by atoms with Gasteiger partial charge in [-0.15, -0.1) is 0 Å². The molecule has 0 aliphatic carbocycles. The van der Waals surface area contributed by atoms with Crippen molar-refractivity contribution in [2.75, 3.05) is 13.1 Å². The highest BCUT2D eigenvalue weighted by molar-refractivity contribution is 7.89. The molecule has 1 fully saturated rings. The fourth-order valence-electron chi connectivity index (χ4n) is 2.29. The summed E-state index contributed by atoms with van der Waals surface area (Å²) in [6.07, 6.45) is 0. The van der Waals surface area contributed by atoms with Crippen molar-refractivity contribution in [1.82, 2.24) is 19.8 Å². The van der Waals surface area contributed by atoms with Gasteiger partial charge < -0.3 is 10.4 Å². The molecule has 1 saturated heterocycles. The van der Waals surface area contributed by atoms with E-state index in [1.807, 2.05) is 0 Å². The lowest BCUT2D eigenvalue weighted by Gasteiger charge is -2.39. The molecule has 9 nitrogen and oxygen atoms in total. The molecule has 0 spiro atoms. The van der Waals surface area contributed by atoms with Crippen molar-refractivity contribution in [2.45, 2.75) is 31.2 Å². The van der Waals surface area contributed by atoms with Gasteiger partial charge in [0.2, 0.25) is 15.9 Å². The molecule has 10 heteroatoms. The molecule has 116 valence electrons. The number of nitrogens with zero attached hydrogens (tertiary/aromatic N) is 2. The zero-order chi connectivity index (χ0) is 16.0. The number of piperazine rings is 1. The number of carbonyl (C=O) groups excluding carboxylic acids is 1. The number of carbonyl (C=O) groups is 2. The van der Waals surface area contributed by atoms with Crippen LogP contribution in [0.5, 0.6) is 0 Å². The van der Waals surface area contributed by atoms with E-state index < -0.39 is 38.0 Å². The minimum atomic E-state index is -4.17. The van der Waals surface area contributed by atoms with Crippen LogP contribution in [0.1, 0.15) is 30.0 Å². The Morgan fingerprint density at radius 2 is 2.05 bits per heavy atom. The van der Waals surface area contributed by atoms with Crippen molar-refractivity contribution in [1.29, 1.82) is 0 Å². The van der Waals surface area contributed by atoms with Gasteiger partial charge in [0.05, 0.1) is 5.69 Å². The van der Waals surface area contributed by atoms with Crippen molar-refractivity contribution in [3.8, 4) is 0 Å². The smallest absolute Gasteiger partial charge is 0.357 e. The zero-order valence-corrected chi connectivity index (χ0v) is 12.6. The van der Waals surface area contributed by atoms with Crippen molar-refractivity contribution < 1.29 is 23.1 Å². The normalized spacial score (nSPS) is 19.3. The van der Waals surface area contributed by atoms with Crippen molar-refractivity contribution in [3.05, 3.63) is 11.4 Å². The van der Waals surface area contributed by atoms with Gasteiger partial charge in [-0.25, -0.2) is 13.2 Å². The van der Waals surface area contributed by atoms with Crippen LogP contribution in [0.4, 0.5) is 0 Å². The Morgan fingerprint density at radius 1 is 1.43 bits per heavy atom. The van der Waals surface area contributed by atoms with Crippen LogP contribution in [0, 0.1) is 6.92 Å². The maximum atomic E-state index is 12.8. The Kier molecular flexibility index (Phi) is 3.54. The monoisotopic (exact) mass is 316 g/mol. The molecule has 2 heterocycles. The molecule has 1 aromatic rings. The zero-order valence-electron chi connectivity index (χ0n) is 11.8. The summed E-state index contributed by atoms with van der Waals surface area (Å²) >= 11 is 0. The molecule has 2 rings (SSSR count). The third-order valence-corrected chi connectivity index (χ3v) is 5.66. The van der Waals surface area contributed by atoms with Gasteiger partial charge in [-0.2, -0.15) is 9.40 Å². The van der Waals surface area contributed by atoms with Crippen molar-refractivity contribution >= 4 is 21.9 Å². The van der Waals surface area contributed by atoms with Crippen molar-refractivity contribution in [3.63, 3.8) is 0 Å². The molecule has 1 amide bonds. The van der Waals surface area contributed by atoms with E-state index in [1.54, 1.807) is 0 Å². The van der Waals surface area contributed by atoms with Gasteiger partial charge >= 0.3 is 5.97 Å². The van der Waals surface area contributed by atoms with E-state index >= 15 is 0 Å². The molecule has 3 N–H and O–H groups in total. The van der Waals surface area contributed by atoms with Crippen LogP contribution in [-0.4, -0.2) is 58.5 Å². The van der Waals surface area contributed by atoms with Gasteiger partial charge in [-0.1, -0.05) is 0 Å². The van der Waals surface area contributed by atoms with Crippen LogP contribution in [0.25, 0.3) is 0 Å². The van der Waals surface area contributed by atoms with E-state index in [9.17, 15) is 18.0 Å². The largest absolute Gasteiger partial charge is 0.476 e. The predicted molar refractivity (Wildman–Crippen MR) is 71.3 cm³/mol.